The van der Waals surface area contributed by atoms with Gasteiger partial charge in [-0.25, -0.2) is 0 Å². The Morgan fingerprint density at radius 1 is 1.17 bits per heavy atom. The molecule has 0 bridgehead atoms. The number of hydrogen-bond donors (Lipinski definition) is 1. The molecule has 3 rings (SSSR count). The molecule has 36 heavy (non-hydrogen) atoms. The van der Waals surface area contributed by atoms with E-state index in [0.717, 1.165) is 5.57 Å². The molecule has 0 radical (unpaired) electrons. The Morgan fingerprint density at radius 2 is 1.83 bits per heavy atom. The zero-order valence-corrected chi connectivity index (χ0v) is 22.2. The van der Waals surface area contributed by atoms with E-state index in [-0.39, 0.29) is 24.2 Å². The number of hydrogen-bond acceptors (Lipinski definition) is 8. The third-order valence-electron chi connectivity index (χ3n) is 8.32. The van der Waals surface area contributed by atoms with Crippen LogP contribution in [0.15, 0.2) is 36.0 Å². The molecule has 0 amide bonds. The van der Waals surface area contributed by atoms with Gasteiger partial charge in [0.25, 0.3) is 0 Å². The first-order valence-electron chi connectivity index (χ1n) is 12.8. The van der Waals surface area contributed by atoms with Gasteiger partial charge in [0, 0.05) is 25.8 Å². The standard InChI is InChI=1S/C28H40O8/c1-8-10-24(32)35-20-14-21-25(33-18(5)29)36-26(34-19(6)30)28(21)22(15-20)27(7,12-11-16(3)9-2)17(4)13-23(28)31/h9,11,14,17,20,22-23,25-26,31H,2,8,10,12-13,15H2,1,3-7H3/b16-11-/t17-,20+,22+,23+,25+,26-,27-,28+/m1/s1. The summed E-state index contributed by atoms with van der Waals surface area (Å²) in [6, 6.07) is 0. The lowest BCUT2D eigenvalue weighted by Gasteiger charge is -2.60. The Bertz CT molecular complexity index is 951. The fourth-order valence-electron chi connectivity index (χ4n) is 6.30. The van der Waals surface area contributed by atoms with Crippen LogP contribution in [0.3, 0.4) is 0 Å². The number of carbonyl (C=O) groups is 3. The van der Waals surface area contributed by atoms with Gasteiger partial charge in [-0.05, 0) is 55.9 Å². The molecule has 200 valence electrons. The average Bonchev–Trinajstić information content (AvgIpc) is 3.08. The maximum absolute atomic E-state index is 12.5. The predicted octanol–water partition coefficient (Wildman–Crippen LogP) is 4.37. The highest BCUT2D eigenvalue weighted by Gasteiger charge is 2.71. The topological polar surface area (TPSA) is 108 Å². The molecule has 8 heteroatoms. The number of ether oxygens (including phenoxy) is 4. The summed E-state index contributed by atoms with van der Waals surface area (Å²) >= 11 is 0. The zero-order chi connectivity index (χ0) is 26.8. The lowest BCUT2D eigenvalue weighted by atomic mass is 9.45. The Balaban J connectivity index is 2.21. The van der Waals surface area contributed by atoms with Gasteiger partial charge in [-0.1, -0.05) is 45.1 Å². The fourth-order valence-corrected chi connectivity index (χ4v) is 6.30. The van der Waals surface area contributed by atoms with E-state index in [1.807, 2.05) is 13.8 Å². The van der Waals surface area contributed by atoms with Crippen molar-refractivity contribution < 1.29 is 38.4 Å². The average molecular weight is 505 g/mol. The van der Waals surface area contributed by atoms with E-state index >= 15 is 0 Å². The van der Waals surface area contributed by atoms with Crippen molar-refractivity contribution in [3.63, 3.8) is 0 Å². The van der Waals surface area contributed by atoms with E-state index in [1.54, 1.807) is 12.2 Å². The van der Waals surface area contributed by atoms with E-state index in [2.05, 4.69) is 26.5 Å². The smallest absolute Gasteiger partial charge is 0.306 e. The lowest BCUT2D eigenvalue weighted by molar-refractivity contribution is -0.254. The predicted molar refractivity (Wildman–Crippen MR) is 132 cm³/mol. The van der Waals surface area contributed by atoms with Crippen LogP contribution in [-0.2, 0) is 33.3 Å². The quantitative estimate of drug-likeness (QED) is 0.225. The zero-order valence-electron chi connectivity index (χ0n) is 22.2. The Morgan fingerprint density at radius 3 is 2.42 bits per heavy atom. The number of allylic oxidation sites excluding steroid dienone is 3. The minimum atomic E-state index is -1.17. The monoisotopic (exact) mass is 504 g/mol. The lowest BCUT2D eigenvalue weighted by Crippen LogP contribution is -2.63. The highest BCUT2D eigenvalue weighted by Crippen LogP contribution is 2.67. The number of carbonyl (C=O) groups excluding carboxylic acids is 3. The van der Waals surface area contributed by atoms with Gasteiger partial charge >= 0.3 is 17.9 Å². The van der Waals surface area contributed by atoms with Crippen molar-refractivity contribution in [2.45, 2.75) is 98.4 Å². The normalized spacial score (nSPS) is 37.8. The van der Waals surface area contributed by atoms with Crippen LogP contribution in [0.4, 0.5) is 0 Å². The SMILES string of the molecule is C=C/C(C)=C\C[C@]1(C)[C@H](C)C[C@H](O)[C@]23C(=C[C@H](OC(=O)CCC)C[C@@H]12)[C@@H](OC(C)=O)O[C@H]3OC(C)=O. The summed E-state index contributed by atoms with van der Waals surface area (Å²) in [5, 5.41) is 11.7. The molecular formula is C28H40O8. The van der Waals surface area contributed by atoms with E-state index in [0.29, 0.717) is 31.3 Å². The van der Waals surface area contributed by atoms with Crippen molar-refractivity contribution in [1.29, 1.82) is 0 Å². The molecule has 1 N–H and O–H groups in total. The molecule has 8 nitrogen and oxygen atoms in total. The summed E-state index contributed by atoms with van der Waals surface area (Å²) in [6.07, 6.45) is 4.22. The molecule has 8 atom stereocenters. The number of esters is 3. The summed E-state index contributed by atoms with van der Waals surface area (Å²) in [7, 11) is 0. The minimum Gasteiger partial charge on any atom is -0.458 e. The summed E-state index contributed by atoms with van der Waals surface area (Å²) in [5.74, 6) is -1.70. The van der Waals surface area contributed by atoms with Crippen molar-refractivity contribution in [2.75, 3.05) is 0 Å². The van der Waals surface area contributed by atoms with Crippen LogP contribution >= 0.6 is 0 Å². The van der Waals surface area contributed by atoms with Gasteiger partial charge in [0.05, 0.1) is 11.5 Å². The third kappa shape index (κ3) is 5.02. The first kappa shape index (κ1) is 28.1. The molecule has 1 heterocycles. The second-order valence-electron chi connectivity index (χ2n) is 10.7. The van der Waals surface area contributed by atoms with Gasteiger partial charge in [-0.2, -0.15) is 0 Å². The van der Waals surface area contributed by atoms with Crippen LogP contribution in [-0.4, -0.2) is 47.8 Å². The van der Waals surface area contributed by atoms with Crippen molar-refractivity contribution in [1.82, 2.24) is 0 Å². The Kier molecular flexibility index (Phi) is 8.51. The van der Waals surface area contributed by atoms with Crippen LogP contribution in [0.5, 0.6) is 0 Å². The summed E-state index contributed by atoms with van der Waals surface area (Å²) in [5.41, 5.74) is -0.0373. The number of aliphatic hydroxyl groups is 1. The molecule has 1 saturated carbocycles. The van der Waals surface area contributed by atoms with E-state index < -0.39 is 47.6 Å². The molecule has 0 unspecified atom stereocenters. The number of rotatable bonds is 8. The highest BCUT2D eigenvalue weighted by molar-refractivity contribution is 5.70. The molecule has 1 aliphatic heterocycles. The first-order valence-corrected chi connectivity index (χ1v) is 12.8. The van der Waals surface area contributed by atoms with E-state index in [4.69, 9.17) is 18.9 Å². The van der Waals surface area contributed by atoms with E-state index in [9.17, 15) is 19.5 Å². The summed E-state index contributed by atoms with van der Waals surface area (Å²) in [6.45, 7) is 14.5. The van der Waals surface area contributed by atoms with Crippen LogP contribution in [0.1, 0.15) is 73.6 Å². The number of aliphatic hydroxyl groups excluding tert-OH is 1. The third-order valence-corrected chi connectivity index (χ3v) is 8.32. The Hall–Kier alpha value is -2.45. The van der Waals surface area contributed by atoms with Gasteiger partial charge in [-0.15, -0.1) is 0 Å². The van der Waals surface area contributed by atoms with Crippen molar-refractivity contribution >= 4 is 17.9 Å². The largest absolute Gasteiger partial charge is 0.458 e. The van der Waals surface area contributed by atoms with Crippen LogP contribution < -0.4 is 0 Å². The maximum Gasteiger partial charge on any atom is 0.306 e. The van der Waals surface area contributed by atoms with Crippen molar-refractivity contribution in [2.24, 2.45) is 22.7 Å². The molecular weight excluding hydrogens is 464 g/mol. The molecule has 3 aliphatic rings. The summed E-state index contributed by atoms with van der Waals surface area (Å²) in [4.78, 5) is 36.6. The minimum absolute atomic E-state index is 0.0779. The molecule has 2 aliphatic carbocycles. The first-order chi connectivity index (χ1) is 16.9. The van der Waals surface area contributed by atoms with Crippen molar-refractivity contribution in [3.05, 3.63) is 36.0 Å². The van der Waals surface area contributed by atoms with Gasteiger partial charge in [0.2, 0.25) is 12.6 Å². The Labute approximate surface area is 213 Å². The van der Waals surface area contributed by atoms with Gasteiger partial charge in [-0.3, -0.25) is 19.1 Å². The molecule has 0 aromatic carbocycles. The molecule has 0 aromatic rings. The summed E-state index contributed by atoms with van der Waals surface area (Å²) < 4.78 is 23.0. The molecule has 0 aromatic heterocycles. The van der Waals surface area contributed by atoms with Gasteiger partial charge in [0.1, 0.15) is 6.10 Å². The molecule has 1 spiro atoms. The second-order valence-corrected chi connectivity index (χ2v) is 10.7. The van der Waals surface area contributed by atoms with E-state index in [1.165, 1.54) is 13.8 Å². The second kappa shape index (κ2) is 10.9. The highest BCUT2D eigenvalue weighted by atomic mass is 16.8. The van der Waals surface area contributed by atoms with Crippen LogP contribution in [0.2, 0.25) is 0 Å². The fraction of sp³-hybridized carbons (Fsp3) is 0.679. The van der Waals surface area contributed by atoms with Crippen molar-refractivity contribution in [3.8, 4) is 0 Å². The molecule has 1 saturated heterocycles. The van der Waals surface area contributed by atoms with Gasteiger partial charge < -0.3 is 19.3 Å². The van der Waals surface area contributed by atoms with Crippen LogP contribution in [0, 0.1) is 22.7 Å². The van der Waals surface area contributed by atoms with Gasteiger partial charge in [0.15, 0.2) is 0 Å². The maximum atomic E-state index is 12.5. The van der Waals surface area contributed by atoms with Crippen LogP contribution in [0.25, 0.3) is 0 Å². The molecule has 2 fully saturated rings.